The van der Waals surface area contributed by atoms with Crippen molar-refractivity contribution in [3.63, 3.8) is 0 Å². The van der Waals surface area contributed by atoms with Gasteiger partial charge < -0.3 is 9.80 Å². The van der Waals surface area contributed by atoms with Crippen LogP contribution >= 0.6 is 0 Å². The molecule has 2 saturated carbocycles. The fourth-order valence-corrected chi connectivity index (χ4v) is 7.30. The molecule has 3 fully saturated rings. The second-order valence-electron chi connectivity index (χ2n) is 11.5. The molecule has 0 unspecified atom stereocenters. The second kappa shape index (κ2) is 9.49. The van der Waals surface area contributed by atoms with E-state index in [2.05, 4.69) is 54.2 Å². The van der Waals surface area contributed by atoms with Crippen LogP contribution in [0.5, 0.6) is 0 Å². The summed E-state index contributed by atoms with van der Waals surface area (Å²) in [5, 5.41) is 0. The molecule has 1 heterocycles. The number of rotatable bonds is 7. The van der Waals surface area contributed by atoms with Crippen molar-refractivity contribution in [1.29, 1.82) is 0 Å². The number of amides is 2. The number of nitrogens with zero attached hydrogens (tertiary/aromatic N) is 3. The van der Waals surface area contributed by atoms with Gasteiger partial charge in [0, 0.05) is 31.4 Å². The van der Waals surface area contributed by atoms with E-state index >= 15 is 0 Å². The summed E-state index contributed by atoms with van der Waals surface area (Å²) in [6.45, 7) is 2.00. The highest BCUT2D eigenvalue weighted by atomic mass is 32.2. The molecule has 0 radical (unpaired) electrons. The number of carbonyl (C=O) groups excluding carboxylic acids is 1. The third-order valence-electron chi connectivity index (χ3n) is 9.10. The molecule has 2 amide bonds. The topological polar surface area (TPSA) is 60.9 Å². The molecule has 194 valence electrons. The Bertz CT molecular complexity index is 1200. The van der Waals surface area contributed by atoms with Crippen LogP contribution in [-0.2, 0) is 21.9 Å². The predicted molar refractivity (Wildman–Crippen MR) is 142 cm³/mol. The first-order chi connectivity index (χ1) is 17.1. The van der Waals surface area contributed by atoms with E-state index in [0.717, 1.165) is 37.8 Å². The number of sulfone groups is 1. The third kappa shape index (κ3) is 4.56. The van der Waals surface area contributed by atoms with E-state index in [9.17, 15) is 13.2 Å². The average molecular weight is 510 g/mol. The fourth-order valence-electron chi connectivity index (χ4n) is 6.61. The lowest BCUT2D eigenvalue weighted by Crippen LogP contribution is -2.56. The number of benzene rings is 2. The summed E-state index contributed by atoms with van der Waals surface area (Å²) in [6, 6.07) is 18.0. The Kier molecular flexibility index (Phi) is 6.66. The number of hydrogen-bond donors (Lipinski definition) is 0. The lowest BCUT2D eigenvalue weighted by Gasteiger charge is -2.51. The van der Waals surface area contributed by atoms with Crippen LogP contribution in [0.1, 0.15) is 56.1 Å². The maximum atomic E-state index is 13.8. The van der Waals surface area contributed by atoms with Gasteiger partial charge in [0.25, 0.3) is 0 Å². The van der Waals surface area contributed by atoms with Crippen LogP contribution in [-0.4, -0.2) is 68.1 Å². The first-order valence-corrected chi connectivity index (χ1v) is 15.1. The van der Waals surface area contributed by atoms with Crippen LogP contribution in [0.2, 0.25) is 0 Å². The summed E-state index contributed by atoms with van der Waals surface area (Å²) in [5.41, 5.74) is 2.05. The van der Waals surface area contributed by atoms with Crippen LogP contribution in [0.15, 0.2) is 59.5 Å². The van der Waals surface area contributed by atoms with Crippen molar-refractivity contribution in [2.75, 3.05) is 33.4 Å². The Balaban J connectivity index is 1.41. The van der Waals surface area contributed by atoms with E-state index < -0.39 is 9.84 Å². The molecule has 1 saturated heterocycles. The van der Waals surface area contributed by atoms with Crippen molar-refractivity contribution in [3.05, 3.63) is 65.7 Å². The largest absolute Gasteiger partial charge is 0.320 e. The monoisotopic (exact) mass is 509 g/mol. The smallest absolute Gasteiger partial charge is 0.318 e. The Morgan fingerprint density at radius 3 is 2.25 bits per heavy atom. The first kappa shape index (κ1) is 25.3. The summed E-state index contributed by atoms with van der Waals surface area (Å²) in [4.78, 5) is 20.7. The van der Waals surface area contributed by atoms with Crippen molar-refractivity contribution in [3.8, 4) is 0 Å². The zero-order chi connectivity index (χ0) is 25.6. The third-order valence-corrected chi connectivity index (χ3v) is 10.2. The van der Waals surface area contributed by atoms with Crippen LogP contribution in [0.25, 0.3) is 0 Å². The molecule has 5 rings (SSSR count). The molecule has 2 aromatic rings. The molecular formula is C29H39N3O3S. The van der Waals surface area contributed by atoms with E-state index in [0.29, 0.717) is 23.9 Å². The Hall–Kier alpha value is -2.38. The molecule has 0 atom stereocenters. The van der Waals surface area contributed by atoms with Gasteiger partial charge in [-0.25, -0.2) is 13.2 Å². The van der Waals surface area contributed by atoms with E-state index in [1.54, 1.807) is 18.2 Å². The number of carbonyl (C=O) groups is 1. The zero-order valence-corrected chi connectivity index (χ0v) is 22.6. The molecule has 2 aliphatic carbocycles. The van der Waals surface area contributed by atoms with Gasteiger partial charge in [-0.3, -0.25) is 4.90 Å². The molecule has 36 heavy (non-hydrogen) atoms. The van der Waals surface area contributed by atoms with Gasteiger partial charge in [-0.15, -0.1) is 0 Å². The van der Waals surface area contributed by atoms with E-state index in [1.807, 2.05) is 11.0 Å². The quantitative estimate of drug-likeness (QED) is 0.533. The fraction of sp³-hybridized carbons (Fsp3) is 0.552. The molecule has 0 bridgehead atoms. The van der Waals surface area contributed by atoms with Crippen LogP contribution in [0.4, 0.5) is 4.79 Å². The van der Waals surface area contributed by atoms with Gasteiger partial charge in [0.2, 0.25) is 0 Å². The summed E-state index contributed by atoms with van der Waals surface area (Å²) in [5.74, 6) is 0.606. The van der Waals surface area contributed by atoms with Gasteiger partial charge >= 0.3 is 6.03 Å². The standard InChI is InChI=1S/C29H39N3O3S/c1-30(2)29(25-12-5-4-6-13-25)17-15-28(16-18-29)22-31(27(33)32(28)21-23-9-7-10-23)20-24-11-8-14-26(19-24)36(3,34)35/h4-6,8,11-14,19,23H,7,9-10,15-18,20-22H2,1-3H3. The summed E-state index contributed by atoms with van der Waals surface area (Å²) >= 11 is 0. The van der Waals surface area contributed by atoms with Crippen LogP contribution in [0, 0.1) is 5.92 Å². The Labute approximate surface area is 216 Å². The Morgan fingerprint density at radius 1 is 0.972 bits per heavy atom. The van der Waals surface area contributed by atoms with Crippen LogP contribution in [0.3, 0.4) is 0 Å². The van der Waals surface area contributed by atoms with Crippen molar-refractivity contribution < 1.29 is 13.2 Å². The average Bonchev–Trinajstić information content (AvgIpc) is 3.07. The molecule has 1 aliphatic heterocycles. The number of hydrogen-bond acceptors (Lipinski definition) is 4. The first-order valence-electron chi connectivity index (χ1n) is 13.2. The van der Waals surface area contributed by atoms with E-state index in [1.165, 1.54) is 31.1 Å². The van der Waals surface area contributed by atoms with Crippen LogP contribution < -0.4 is 0 Å². The number of urea groups is 1. The highest BCUT2D eigenvalue weighted by Crippen LogP contribution is 2.49. The van der Waals surface area contributed by atoms with Crippen molar-refractivity contribution in [1.82, 2.24) is 14.7 Å². The maximum absolute atomic E-state index is 13.8. The maximum Gasteiger partial charge on any atom is 0.320 e. The predicted octanol–water partition coefficient (Wildman–Crippen LogP) is 4.90. The summed E-state index contributed by atoms with van der Waals surface area (Å²) in [6.07, 6.45) is 8.88. The highest BCUT2D eigenvalue weighted by Gasteiger charge is 2.54. The molecule has 1 spiro atoms. The van der Waals surface area contributed by atoms with Gasteiger partial charge in [-0.2, -0.15) is 0 Å². The lowest BCUT2D eigenvalue weighted by molar-refractivity contribution is 0.0159. The molecule has 2 aromatic carbocycles. The van der Waals surface area contributed by atoms with Gasteiger partial charge in [0.05, 0.1) is 10.4 Å². The Morgan fingerprint density at radius 2 is 1.67 bits per heavy atom. The zero-order valence-electron chi connectivity index (χ0n) is 21.8. The molecule has 0 N–H and O–H groups in total. The SMILES string of the molecule is CN(C)C1(c2ccccc2)CCC2(CC1)CN(Cc1cccc(S(C)(=O)=O)c1)C(=O)N2CC1CCC1. The second-order valence-corrected chi connectivity index (χ2v) is 13.5. The summed E-state index contributed by atoms with van der Waals surface area (Å²) in [7, 11) is 1.07. The minimum absolute atomic E-state index is 0.0189. The normalized spacial score (nSPS) is 27.2. The minimum atomic E-state index is -3.29. The van der Waals surface area contributed by atoms with Gasteiger partial charge in [-0.05, 0) is 81.8 Å². The minimum Gasteiger partial charge on any atom is -0.318 e. The molecule has 7 heteroatoms. The van der Waals surface area contributed by atoms with Gasteiger partial charge in [-0.1, -0.05) is 48.9 Å². The molecule has 0 aromatic heterocycles. The van der Waals surface area contributed by atoms with Gasteiger partial charge in [0.15, 0.2) is 9.84 Å². The molecular weight excluding hydrogens is 470 g/mol. The van der Waals surface area contributed by atoms with Crippen molar-refractivity contribution in [2.24, 2.45) is 5.92 Å². The van der Waals surface area contributed by atoms with E-state index in [4.69, 9.17) is 0 Å². The van der Waals surface area contributed by atoms with Crippen molar-refractivity contribution in [2.45, 2.75) is 67.5 Å². The molecule has 6 nitrogen and oxygen atoms in total. The van der Waals surface area contributed by atoms with Crippen molar-refractivity contribution >= 4 is 15.9 Å². The molecule has 3 aliphatic rings. The van der Waals surface area contributed by atoms with E-state index in [-0.39, 0.29) is 17.1 Å². The highest BCUT2D eigenvalue weighted by molar-refractivity contribution is 7.90. The van der Waals surface area contributed by atoms with Gasteiger partial charge in [0.1, 0.15) is 0 Å². The lowest BCUT2D eigenvalue weighted by atomic mass is 9.68. The summed E-state index contributed by atoms with van der Waals surface area (Å²) < 4.78 is 24.2.